The van der Waals surface area contributed by atoms with E-state index in [1.165, 1.54) is 12.1 Å². The lowest BCUT2D eigenvalue weighted by Crippen LogP contribution is -2.06. The number of hydrogen-bond donors (Lipinski definition) is 1. The Kier molecular flexibility index (Phi) is 5.30. The molecule has 90 valence electrons. The summed E-state index contributed by atoms with van der Waals surface area (Å²) in [5, 5.41) is 13.2. The van der Waals surface area contributed by atoms with Gasteiger partial charge in [0.15, 0.2) is 5.82 Å². The fourth-order valence-corrected chi connectivity index (χ4v) is 1.66. The number of benzene rings is 1. The summed E-state index contributed by atoms with van der Waals surface area (Å²) in [6.45, 7) is 0.557. The summed E-state index contributed by atoms with van der Waals surface area (Å²) < 4.78 is 13.4. The predicted octanol–water partition coefficient (Wildman–Crippen LogP) is 2.51. The average molecular weight is 254 g/mol. The number of nitrogens with one attached hydrogen (secondary N) is 1. The van der Waals surface area contributed by atoms with E-state index in [9.17, 15) is 14.5 Å². The number of rotatable bonds is 6. The second kappa shape index (κ2) is 6.76. The Bertz CT molecular complexity index is 446. The SMILES string of the molecule is C#CCSCCNc1ccc([N+](=O)[O-])cc1F. The van der Waals surface area contributed by atoms with Crippen LogP contribution in [0, 0.1) is 28.3 Å². The number of thioether (sulfide) groups is 1. The van der Waals surface area contributed by atoms with Crippen molar-refractivity contribution in [2.24, 2.45) is 0 Å². The van der Waals surface area contributed by atoms with Crippen molar-refractivity contribution in [1.29, 1.82) is 0 Å². The molecule has 0 saturated carbocycles. The van der Waals surface area contributed by atoms with Gasteiger partial charge in [0.2, 0.25) is 0 Å². The van der Waals surface area contributed by atoms with E-state index >= 15 is 0 Å². The summed E-state index contributed by atoms with van der Waals surface area (Å²) >= 11 is 1.56. The monoisotopic (exact) mass is 254 g/mol. The summed E-state index contributed by atoms with van der Waals surface area (Å²) in [5.74, 6) is 3.23. The van der Waals surface area contributed by atoms with Gasteiger partial charge in [0, 0.05) is 18.4 Å². The second-order valence-corrected chi connectivity index (χ2v) is 4.21. The second-order valence-electron chi connectivity index (χ2n) is 3.10. The smallest absolute Gasteiger partial charge is 0.272 e. The summed E-state index contributed by atoms with van der Waals surface area (Å²) in [6.07, 6.45) is 5.08. The molecule has 6 heteroatoms. The van der Waals surface area contributed by atoms with Crippen LogP contribution in [0.2, 0.25) is 0 Å². The zero-order chi connectivity index (χ0) is 12.7. The Morgan fingerprint density at radius 1 is 1.59 bits per heavy atom. The van der Waals surface area contributed by atoms with E-state index in [2.05, 4.69) is 11.2 Å². The maximum Gasteiger partial charge on any atom is 0.272 e. The highest BCUT2D eigenvalue weighted by Gasteiger charge is 2.09. The van der Waals surface area contributed by atoms with Crippen molar-refractivity contribution in [3.63, 3.8) is 0 Å². The predicted molar refractivity (Wildman–Crippen MR) is 67.7 cm³/mol. The molecule has 1 N–H and O–H groups in total. The third-order valence-corrected chi connectivity index (χ3v) is 2.77. The zero-order valence-electron chi connectivity index (χ0n) is 8.98. The molecule has 4 nitrogen and oxygen atoms in total. The van der Waals surface area contributed by atoms with E-state index in [1.807, 2.05) is 0 Å². The number of nitro groups is 1. The number of non-ortho nitro benzene ring substituents is 1. The molecule has 1 aromatic rings. The van der Waals surface area contributed by atoms with Crippen LogP contribution in [0.5, 0.6) is 0 Å². The van der Waals surface area contributed by atoms with Crippen molar-refractivity contribution in [2.45, 2.75) is 0 Å². The molecule has 0 aliphatic rings. The molecule has 0 bridgehead atoms. The van der Waals surface area contributed by atoms with E-state index in [4.69, 9.17) is 6.42 Å². The first-order chi connectivity index (χ1) is 8.15. The van der Waals surface area contributed by atoms with Gasteiger partial charge in [-0.15, -0.1) is 18.2 Å². The van der Waals surface area contributed by atoms with Crippen LogP contribution in [0.4, 0.5) is 15.8 Å². The van der Waals surface area contributed by atoms with Crippen LogP contribution in [0.3, 0.4) is 0 Å². The maximum absolute atomic E-state index is 13.4. The molecule has 17 heavy (non-hydrogen) atoms. The molecule has 0 fully saturated rings. The number of nitro benzene ring substituents is 1. The molecule has 1 rings (SSSR count). The van der Waals surface area contributed by atoms with E-state index in [0.717, 1.165) is 11.8 Å². The molecule has 0 aliphatic carbocycles. The normalized spacial score (nSPS) is 9.65. The minimum atomic E-state index is -0.629. The van der Waals surface area contributed by atoms with Crippen molar-refractivity contribution < 1.29 is 9.31 Å². The number of anilines is 1. The van der Waals surface area contributed by atoms with Crippen LogP contribution in [-0.2, 0) is 0 Å². The zero-order valence-corrected chi connectivity index (χ0v) is 9.80. The van der Waals surface area contributed by atoms with Crippen LogP contribution in [0.25, 0.3) is 0 Å². The lowest BCUT2D eigenvalue weighted by Gasteiger charge is -2.06. The Hall–Kier alpha value is -1.74. The molecule has 1 aromatic carbocycles. The topological polar surface area (TPSA) is 55.2 Å². The first kappa shape index (κ1) is 13.3. The van der Waals surface area contributed by atoms with Crippen molar-refractivity contribution in [1.82, 2.24) is 0 Å². The minimum Gasteiger partial charge on any atom is -0.382 e. The Morgan fingerprint density at radius 2 is 2.35 bits per heavy atom. The van der Waals surface area contributed by atoms with Gasteiger partial charge >= 0.3 is 0 Å². The van der Waals surface area contributed by atoms with Gasteiger partial charge < -0.3 is 5.32 Å². The molecular formula is C11H11FN2O2S. The van der Waals surface area contributed by atoms with Gasteiger partial charge in [-0.05, 0) is 6.07 Å². The maximum atomic E-state index is 13.4. The van der Waals surface area contributed by atoms with Crippen molar-refractivity contribution in [3.05, 3.63) is 34.1 Å². The highest BCUT2D eigenvalue weighted by Crippen LogP contribution is 2.20. The third kappa shape index (κ3) is 4.33. The molecular weight excluding hydrogens is 243 g/mol. The molecule has 0 spiro atoms. The standard InChI is InChI=1S/C11H11FN2O2S/c1-2-6-17-7-5-13-11-4-3-9(14(15)16)8-10(11)12/h1,3-4,8,13H,5-7H2. The molecule has 0 aromatic heterocycles. The quantitative estimate of drug-likeness (QED) is 0.367. The Balaban J connectivity index is 2.50. The number of nitrogens with zero attached hydrogens (tertiary/aromatic N) is 1. The summed E-state index contributed by atoms with van der Waals surface area (Å²) in [4.78, 5) is 9.76. The summed E-state index contributed by atoms with van der Waals surface area (Å²) in [7, 11) is 0. The molecule has 0 atom stereocenters. The summed E-state index contributed by atoms with van der Waals surface area (Å²) in [6, 6.07) is 3.52. The van der Waals surface area contributed by atoms with Crippen molar-refractivity contribution in [3.8, 4) is 12.3 Å². The molecule has 0 radical (unpaired) electrons. The van der Waals surface area contributed by atoms with Gasteiger partial charge in [0.05, 0.1) is 22.4 Å². The van der Waals surface area contributed by atoms with Gasteiger partial charge in [0.1, 0.15) is 0 Å². The van der Waals surface area contributed by atoms with Crippen LogP contribution in [0.15, 0.2) is 18.2 Å². The Labute approximate surface area is 103 Å². The molecule has 0 heterocycles. The van der Waals surface area contributed by atoms with E-state index in [-0.39, 0.29) is 11.4 Å². The van der Waals surface area contributed by atoms with Gasteiger partial charge in [-0.2, -0.15) is 0 Å². The number of halogens is 1. The van der Waals surface area contributed by atoms with Crippen molar-refractivity contribution in [2.75, 3.05) is 23.4 Å². The Morgan fingerprint density at radius 3 is 2.94 bits per heavy atom. The van der Waals surface area contributed by atoms with Crippen LogP contribution >= 0.6 is 11.8 Å². The largest absolute Gasteiger partial charge is 0.382 e. The average Bonchev–Trinajstić information content (AvgIpc) is 2.30. The van der Waals surface area contributed by atoms with Gasteiger partial charge in [-0.25, -0.2) is 4.39 Å². The number of hydrogen-bond acceptors (Lipinski definition) is 4. The van der Waals surface area contributed by atoms with E-state index in [1.54, 1.807) is 11.8 Å². The number of terminal acetylenes is 1. The van der Waals surface area contributed by atoms with Gasteiger partial charge in [-0.3, -0.25) is 10.1 Å². The van der Waals surface area contributed by atoms with Crippen molar-refractivity contribution >= 4 is 23.1 Å². The first-order valence-electron chi connectivity index (χ1n) is 4.84. The fraction of sp³-hybridized carbons (Fsp3) is 0.273. The highest BCUT2D eigenvalue weighted by molar-refractivity contribution is 7.99. The lowest BCUT2D eigenvalue weighted by molar-refractivity contribution is -0.385. The molecule has 0 unspecified atom stereocenters. The molecule has 0 saturated heterocycles. The van der Waals surface area contributed by atoms with E-state index in [0.29, 0.717) is 12.3 Å². The third-order valence-electron chi connectivity index (χ3n) is 1.91. The van der Waals surface area contributed by atoms with Gasteiger partial charge in [0.25, 0.3) is 5.69 Å². The van der Waals surface area contributed by atoms with Crippen LogP contribution < -0.4 is 5.32 Å². The molecule has 0 amide bonds. The fourth-order valence-electron chi connectivity index (χ4n) is 1.15. The first-order valence-corrected chi connectivity index (χ1v) is 5.99. The van der Waals surface area contributed by atoms with E-state index < -0.39 is 10.7 Å². The summed E-state index contributed by atoms with van der Waals surface area (Å²) in [5.41, 5.74) is 0.00617. The molecule has 0 aliphatic heterocycles. The van der Waals surface area contributed by atoms with Crippen LogP contribution in [-0.4, -0.2) is 23.0 Å². The van der Waals surface area contributed by atoms with Gasteiger partial charge in [-0.1, -0.05) is 5.92 Å². The van der Waals surface area contributed by atoms with Crippen LogP contribution in [0.1, 0.15) is 0 Å². The minimum absolute atomic E-state index is 0.255. The lowest BCUT2D eigenvalue weighted by atomic mass is 10.2. The highest BCUT2D eigenvalue weighted by atomic mass is 32.2.